The van der Waals surface area contributed by atoms with Crippen LogP contribution in [-0.4, -0.2) is 18.4 Å². The number of benzene rings is 1. The molecule has 0 atom stereocenters. The quantitative estimate of drug-likeness (QED) is 0.626. The van der Waals surface area contributed by atoms with Crippen LogP contribution in [0.15, 0.2) is 48.3 Å². The van der Waals surface area contributed by atoms with E-state index >= 15 is 0 Å². The van der Waals surface area contributed by atoms with Crippen LogP contribution in [0.3, 0.4) is 0 Å². The minimum absolute atomic E-state index is 0.618. The lowest BCUT2D eigenvalue weighted by atomic mass is 10.1. The maximum absolute atomic E-state index is 10.2. The zero-order chi connectivity index (χ0) is 14.3. The molecule has 4 nitrogen and oxygen atoms in total. The van der Waals surface area contributed by atoms with Crippen LogP contribution >= 0.6 is 0 Å². The molecule has 0 aromatic heterocycles. The first kappa shape index (κ1) is 14.5. The fourth-order valence-electron chi connectivity index (χ4n) is 1.65. The van der Waals surface area contributed by atoms with Gasteiger partial charge in [-0.1, -0.05) is 18.7 Å². The van der Waals surface area contributed by atoms with E-state index in [1.165, 1.54) is 0 Å². The zero-order valence-electron chi connectivity index (χ0n) is 11.2. The molecule has 4 heteroatoms. The van der Waals surface area contributed by atoms with Crippen molar-refractivity contribution in [3.05, 3.63) is 59.4 Å². The van der Waals surface area contributed by atoms with Gasteiger partial charge in [-0.15, -0.1) is 0 Å². The normalized spacial score (nSPS) is 10.5. The summed E-state index contributed by atoms with van der Waals surface area (Å²) in [5.41, 5.74) is 3.38. The Morgan fingerprint density at radius 3 is 2.95 bits per heavy atom. The Morgan fingerprint density at radius 2 is 2.32 bits per heavy atom. The fraction of sp³-hybridized carbons (Fsp3) is 0.200. The smallest absolute Gasteiger partial charge is 0.211 e. The van der Waals surface area contributed by atoms with Gasteiger partial charge in [0.25, 0.3) is 0 Å². The molecular formula is C15H17N3O. The van der Waals surface area contributed by atoms with Gasteiger partial charge in [0.2, 0.25) is 6.41 Å². The Balaban J connectivity index is 2.73. The lowest BCUT2D eigenvalue weighted by Gasteiger charge is -2.22. The van der Waals surface area contributed by atoms with Crippen molar-refractivity contribution >= 4 is 6.41 Å². The Kier molecular flexibility index (Phi) is 5.36. The van der Waals surface area contributed by atoms with Crippen molar-refractivity contribution in [2.75, 3.05) is 7.05 Å². The van der Waals surface area contributed by atoms with Gasteiger partial charge in [-0.25, -0.2) is 0 Å². The molecule has 19 heavy (non-hydrogen) atoms. The second-order valence-electron chi connectivity index (χ2n) is 4.23. The molecule has 0 heterocycles. The Labute approximate surface area is 113 Å². The molecule has 1 aromatic rings. The van der Waals surface area contributed by atoms with Gasteiger partial charge < -0.3 is 10.2 Å². The molecule has 1 aromatic carbocycles. The van der Waals surface area contributed by atoms with Gasteiger partial charge in [0, 0.05) is 25.5 Å². The molecule has 98 valence electrons. The second kappa shape index (κ2) is 7.02. The van der Waals surface area contributed by atoms with Crippen molar-refractivity contribution < 1.29 is 4.79 Å². The highest BCUT2D eigenvalue weighted by molar-refractivity contribution is 5.49. The van der Waals surface area contributed by atoms with Gasteiger partial charge >= 0.3 is 0 Å². The molecule has 0 saturated carbocycles. The number of hydrogen-bond acceptors (Lipinski definition) is 3. The molecule has 1 N–H and O–H groups in total. The maximum atomic E-state index is 10.2. The number of amides is 1. The van der Waals surface area contributed by atoms with Crippen molar-refractivity contribution in [3.8, 4) is 6.07 Å². The van der Waals surface area contributed by atoms with E-state index in [1.807, 2.05) is 37.1 Å². The number of nitrogens with zero attached hydrogens (tertiary/aromatic N) is 2. The van der Waals surface area contributed by atoms with Gasteiger partial charge in [0.05, 0.1) is 11.6 Å². The van der Waals surface area contributed by atoms with E-state index in [1.54, 1.807) is 12.3 Å². The van der Waals surface area contributed by atoms with Crippen molar-refractivity contribution in [3.63, 3.8) is 0 Å². The summed E-state index contributed by atoms with van der Waals surface area (Å²) in [5.74, 6) is 0. The number of likely N-dealkylation sites (N-methyl/N-ethyl adjacent to an activating group) is 1. The number of nitrogens with one attached hydrogen (secondary N) is 1. The predicted molar refractivity (Wildman–Crippen MR) is 74.7 cm³/mol. The first-order valence-electron chi connectivity index (χ1n) is 5.84. The zero-order valence-corrected chi connectivity index (χ0v) is 11.2. The largest absolute Gasteiger partial charge is 0.370 e. The summed E-state index contributed by atoms with van der Waals surface area (Å²) in [5, 5.41) is 11.4. The van der Waals surface area contributed by atoms with Crippen LogP contribution in [-0.2, 0) is 11.3 Å². The van der Waals surface area contributed by atoms with Crippen LogP contribution in [0.2, 0.25) is 0 Å². The number of carbonyl (C=O) groups excluding carboxylic acids is 1. The van der Waals surface area contributed by atoms with Crippen LogP contribution < -0.4 is 5.32 Å². The SMILES string of the molecule is C=C(/C(C)=C\NC=O)N(C)Cc1cccc(C#N)c1. The van der Waals surface area contributed by atoms with E-state index in [0.29, 0.717) is 18.5 Å². The summed E-state index contributed by atoms with van der Waals surface area (Å²) in [6.45, 7) is 6.51. The van der Waals surface area contributed by atoms with Crippen LogP contribution in [0.5, 0.6) is 0 Å². The van der Waals surface area contributed by atoms with Crippen molar-refractivity contribution in [2.24, 2.45) is 0 Å². The summed E-state index contributed by atoms with van der Waals surface area (Å²) >= 11 is 0. The highest BCUT2D eigenvalue weighted by Gasteiger charge is 2.05. The minimum Gasteiger partial charge on any atom is -0.370 e. The third kappa shape index (κ3) is 4.32. The van der Waals surface area contributed by atoms with Gasteiger partial charge in [0.1, 0.15) is 0 Å². The van der Waals surface area contributed by atoms with E-state index < -0.39 is 0 Å². The van der Waals surface area contributed by atoms with Gasteiger partial charge in [-0.2, -0.15) is 5.26 Å². The molecule has 0 aliphatic heterocycles. The summed E-state index contributed by atoms with van der Waals surface area (Å²) in [4.78, 5) is 12.2. The van der Waals surface area contributed by atoms with E-state index in [2.05, 4.69) is 18.0 Å². The molecular weight excluding hydrogens is 238 g/mol. The highest BCUT2D eigenvalue weighted by atomic mass is 16.1. The predicted octanol–water partition coefficient (Wildman–Crippen LogP) is 2.15. The first-order chi connectivity index (χ1) is 9.08. The van der Waals surface area contributed by atoms with Crippen molar-refractivity contribution in [2.45, 2.75) is 13.5 Å². The molecule has 0 bridgehead atoms. The first-order valence-corrected chi connectivity index (χ1v) is 5.84. The molecule has 1 rings (SSSR count). The van der Waals surface area contributed by atoms with E-state index in [4.69, 9.17) is 5.26 Å². The standard InChI is InChI=1S/C15H17N3O/c1-12(9-17-11-19)13(2)18(3)10-15-6-4-5-14(7-15)8-16/h4-7,9,11H,2,10H2,1,3H3,(H,17,19)/b12-9-. The monoisotopic (exact) mass is 255 g/mol. The average molecular weight is 255 g/mol. The van der Waals surface area contributed by atoms with E-state index in [-0.39, 0.29) is 0 Å². The maximum Gasteiger partial charge on any atom is 0.211 e. The molecule has 0 fully saturated rings. The summed E-state index contributed by atoms with van der Waals surface area (Å²) < 4.78 is 0. The molecule has 0 radical (unpaired) electrons. The average Bonchev–Trinajstić information content (AvgIpc) is 2.43. The Bertz CT molecular complexity index is 541. The molecule has 0 unspecified atom stereocenters. The topological polar surface area (TPSA) is 56.1 Å². The number of carbonyl (C=O) groups is 1. The molecule has 0 saturated heterocycles. The van der Waals surface area contributed by atoms with Crippen molar-refractivity contribution in [1.82, 2.24) is 10.2 Å². The van der Waals surface area contributed by atoms with E-state index in [9.17, 15) is 4.79 Å². The third-order valence-corrected chi connectivity index (χ3v) is 2.76. The Hall–Kier alpha value is -2.54. The molecule has 0 aliphatic carbocycles. The van der Waals surface area contributed by atoms with Crippen LogP contribution in [0.1, 0.15) is 18.1 Å². The highest BCUT2D eigenvalue weighted by Crippen LogP contribution is 2.14. The molecule has 0 aliphatic rings. The molecule has 1 amide bonds. The lowest BCUT2D eigenvalue weighted by molar-refractivity contribution is -0.108. The summed E-state index contributed by atoms with van der Waals surface area (Å²) in [6.07, 6.45) is 2.23. The van der Waals surface area contributed by atoms with Crippen LogP contribution in [0, 0.1) is 11.3 Å². The van der Waals surface area contributed by atoms with Crippen LogP contribution in [0.4, 0.5) is 0 Å². The number of nitriles is 1. The number of rotatable bonds is 6. The lowest BCUT2D eigenvalue weighted by Crippen LogP contribution is -2.18. The van der Waals surface area contributed by atoms with Crippen LogP contribution in [0.25, 0.3) is 0 Å². The van der Waals surface area contributed by atoms with Gasteiger partial charge in [-0.3, -0.25) is 4.79 Å². The fourth-order valence-corrected chi connectivity index (χ4v) is 1.65. The third-order valence-electron chi connectivity index (χ3n) is 2.76. The summed E-state index contributed by atoms with van der Waals surface area (Å²) in [7, 11) is 1.92. The molecule has 0 spiro atoms. The minimum atomic E-state index is 0.618. The number of hydrogen-bond donors (Lipinski definition) is 1. The number of allylic oxidation sites excluding steroid dienone is 1. The Morgan fingerprint density at radius 1 is 1.58 bits per heavy atom. The summed E-state index contributed by atoms with van der Waals surface area (Å²) in [6, 6.07) is 9.58. The van der Waals surface area contributed by atoms with Gasteiger partial charge in [0.15, 0.2) is 0 Å². The van der Waals surface area contributed by atoms with E-state index in [0.717, 1.165) is 16.8 Å². The van der Waals surface area contributed by atoms with Gasteiger partial charge in [-0.05, 0) is 30.2 Å². The van der Waals surface area contributed by atoms with Crippen molar-refractivity contribution in [1.29, 1.82) is 5.26 Å². The second-order valence-corrected chi connectivity index (χ2v) is 4.23.